The average molecular weight is 258 g/mol. The van der Waals surface area contributed by atoms with Gasteiger partial charge in [-0.25, -0.2) is 0 Å². The van der Waals surface area contributed by atoms with Crippen molar-refractivity contribution in [2.75, 3.05) is 12.3 Å². The number of nitrogens with zero attached hydrogens (tertiary/aromatic N) is 2. The van der Waals surface area contributed by atoms with Crippen molar-refractivity contribution in [1.29, 1.82) is 0 Å². The summed E-state index contributed by atoms with van der Waals surface area (Å²) in [6.07, 6.45) is 1.65. The maximum Gasteiger partial charge on any atom is 0.270 e. The highest BCUT2D eigenvalue weighted by molar-refractivity contribution is 5.93. The molecule has 2 aromatic rings. The van der Waals surface area contributed by atoms with Gasteiger partial charge in [-0.05, 0) is 32.0 Å². The lowest BCUT2D eigenvalue weighted by Crippen LogP contribution is -2.41. The Bertz CT molecular complexity index is 625. The standard InChI is InChI=1S/C14H18N4O/c1-9-3-4-13-10(2)18(6-5-17(9)13)14(19)12-7-11(15)8-16-12/h3-4,7-8,10,16H,5-6,15H2,1-2H3. The van der Waals surface area contributed by atoms with E-state index in [1.54, 1.807) is 12.3 Å². The van der Waals surface area contributed by atoms with Crippen LogP contribution in [0.25, 0.3) is 0 Å². The zero-order chi connectivity index (χ0) is 13.6. The van der Waals surface area contributed by atoms with E-state index in [-0.39, 0.29) is 11.9 Å². The Labute approximate surface area is 112 Å². The van der Waals surface area contributed by atoms with E-state index in [2.05, 4.69) is 35.5 Å². The summed E-state index contributed by atoms with van der Waals surface area (Å²) in [6, 6.07) is 5.97. The van der Waals surface area contributed by atoms with Gasteiger partial charge in [-0.3, -0.25) is 4.79 Å². The molecule has 2 aromatic heterocycles. The van der Waals surface area contributed by atoms with E-state index in [0.29, 0.717) is 11.4 Å². The third kappa shape index (κ3) is 1.82. The number of aromatic amines is 1. The molecule has 0 radical (unpaired) electrons. The van der Waals surface area contributed by atoms with Crippen LogP contribution in [0, 0.1) is 6.92 Å². The topological polar surface area (TPSA) is 67.1 Å². The molecule has 0 aromatic carbocycles. The molecule has 1 atom stereocenters. The minimum Gasteiger partial charge on any atom is -0.397 e. The van der Waals surface area contributed by atoms with Crippen LogP contribution in [0.15, 0.2) is 24.4 Å². The van der Waals surface area contributed by atoms with Crippen molar-refractivity contribution in [1.82, 2.24) is 14.5 Å². The molecule has 1 aliphatic heterocycles. The van der Waals surface area contributed by atoms with Crippen LogP contribution in [0.4, 0.5) is 5.69 Å². The number of rotatable bonds is 1. The summed E-state index contributed by atoms with van der Waals surface area (Å²) >= 11 is 0. The largest absolute Gasteiger partial charge is 0.397 e. The molecule has 0 saturated heterocycles. The third-order valence-corrected chi connectivity index (χ3v) is 3.89. The summed E-state index contributed by atoms with van der Waals surface area (Å²) < 4.78 is 2.28. The Hall–Kier alpha value is -2.17. The number of nitrogen functional groups attached to an aromatic ring is 1. The first kappa shape index (κ1) is 11.9. The normalized spacial score (nSPS) is 18.4. The maximum absolute atomic E-state index is 12.5. The molecule has 3 N–H and O–H groups in total. The van der Waals surface area contributed by atoms with E-state index in [9.17, 15) is 4.79 Å². The average Bonchev–Trinajstić information content (AvgIpc) is 2.97. The van der Waals surface area contributed by atoms with Crippen molar-refractivity contribution in [3.05, 3.63) is 41.5 Å². The van der Waals surface area contributed by atoms with Crippen LogP contribution < -0.4 is 5.73 Å². The number of amides is 1. The third-order valence-electron chi connectivity index (χ3n) is 3.89. The second kappa shape index (κ2) is 4.19. The molecule has 0 aliphatic carbocycles. The highest BCUT2D eigenvalue weighted by Crippen LogP contribution is 2.28. The van der Waals surface area contributed by atoms with E-state index < -0.39 is 0 Å². The van der Waals surface area contributed by atoms with Gasteiger partial charge >= 0.3 is 0 Å². The van der Waals surface area contributed by atoms with Gasteiger partial charge in [0.15, 0.2) is 0 Å². The Morgan fingerprint density at radius 3 is 2.89 bits per heavy atom. The van der Waals surface area contributed by atoms with Gasteiger partial charge in [-0.2, -0.15) is 0 Å². The molecule has 0 bridgehead atoms. The summed E-state index contributed by atoms with van der Waals surface area (Å²) in [7, 11) is 0. The number of nitrogens with two attached hydrogens (primary N) is 1. The molecule has 1 amide bonds. The SMILES string of the molecule is Cc1ccc2n1CCN(C(=O)c1cc(N)c[nH]1)C2C. The number of nitrogens with one attached hydrogen (secondary N) is 1. The molecule has 0 fully saturated rings. The van der Waals surface area contributed by atoms with Gasteiger partial charge in [0.05, 0.1) is 6.04 Å². The lowest BCUT2D eigenvalue weighted by Gasteiger charge is -2.35. The summed E-state index contributed by atoms with van der Waals surface area (Å²) in [5.41, 5.74) is 9.24. The summed E-state index contributed by atoms with van der Waals surface area (Å²) in [6.45, 7) is 5.73. The van der Waals surface area contributed by atoms with Crippen LogP contribution in [0.1, 0.15) is 34.8 Å². The van der Waals surface area contributed by atoms with E-state index >= 15 is 0 Å². The smallest absolute Gasteiger partial charge is 0.270 e. The lowest BCUT2D eigenvalue weighted by molar-refractivity contribution is 0.0637. The molecule has 3 rings (SSSR count). The van der Waals surface area contributed by atoms with Crippen LogP contribution in [-0.2, 0) is 6.54 Å². The number of aryl methyl sites for hydroxylation is 1. The van der Waals surface area contributed by atoms with E-state index in [1.807, 2.05) is 4.90 Å². The van der Waals surface area contributed by atoms with Crippen molar-refractivity contribution in [3.8, 4) is 0 Å². The first-order chi connectivity index (χ1) is 9.08. The molecular weight excluding hydrogens is 240 g/mol. The first-order valence-corrected chi connectivity index (χ1v) is 6.49. The fourth-order valence-electron chi connectivity index (χ4n) is 2.79. The summed E-state index contributed by atoms with van der Waals surface area (Å²) in [5.74, 6) is 0.00861. The van der Waals surface area contributed by atoms with Gasteiger partial charge in [-0.1, -0.05) is 0 Å². The van der Waals surface area contributed by atoms with Crippen LogP contribution in [0.2, 0.25) is 0 Å². The van der Waals surface area contributed by atoms with Crippen molar-refractivity contribution < 1.29 is 4.79 Å². The predicted molar refractivity (Wildman–Crippen MR) is 73.8 cm³/mol. The van der Waals surface area contributed by atoms with Gasteiger partial charge in [0.2, 0.25) is 0 Å². The number of H-pyrrole nitrogens is 1. The van der Waals surface area contributed by atoms with Crippen molar-refractivity contribution in [3.63, 3.8) is 0 Å². The van der Waals surface area contributed by atoms with Gasteiger partial charge in [0.1, 0.15) is 5.69 Å². The number of carbonyl (C=O) groups is 1. The minimum absolute atomic E-state index is 0.00861. The van der Waals surface area contributed by atoms with Gasteiger partial charge in [0.25, 0.3) is 5.91 Å². The van der Waals surface area contributed by atoms with Crippen molar-refractivity contribution in [2.24, 2.45) is 0 Å². The maximum atomic E-state index is 12.5. The van der Waals surface area contributed by atoms with Crippen molar-refractivity contribution in [2.45, 2.75) is 26.4 Å². The highest BCUT2D eigenvalue weighted by Gasteiger charge is 2.29. The predicted octanol–water partition coefficient (Wildman–Crippen LogP) is 1.92. The second-order valence-corrected chi connectivity index (χ2v) is 5.07. The van der Waals surface area contributed by atoms with E-state index in [1.165, 1.54) is 11.4 Å². The fraction of sp³-hybridized carbons (Fsp3) is 0.357. The van der Waals surface area contributed by atoms with Crippen molar-refractivity contribution >= 4 is 11.6 Å². The molecule has 5 heteroatoms. The van der Waals surface area contributed by atoms with Crippen LogP contribution in [-0.4, -0.2) is 26.9 Å². The van der Waals surface area contributed by atoms with E-state index in [4.69, 9.17) is 5.73 Å². The number of fused-ring (bicyclic) bond motifs is 1. The van der Waals surface area contributed by atoms with Gasteiger partial charge in [0, 0.05) is 36.4 Å². The zero-order valence-electron chi connectivity index (χ0n) is 11.2. The van der Waals surface area contributed by atoms with E-state index in [0.717, 1.165) is 13.1 Å². The minimum atomic E-state index is 0.00861. The second-order valence-electron chi connectivity index (χ2n) is 5.07. The Balaban J connectivity index is 1.90. The van der Waals surface area contributed by atoms with Crippen LogP contribution in [0.3, 0.4) is 0 Å². The van der Waals surface area contributed by atoms with Gasteiger partial charge in [-0.15, -0.1) is 0 Å². The Morgan fingerprint density at radius 1 is 1.42 bits per heavy atom. The van der Waals surface area contributed by atoms with Crippen LogP contribution in [0.5, 0.6) is 0 Å². The van der Waals surface area contributed by atoms with Crippen LogP contribution >= 0.6 is 0 Å². The molecule has 1 unspecified atom stereocenters. The number of hydrogen-bond donors (Lipinski definition) is 2. The lowest BCUT2D eigenvalue weighted by atomic mass is 10.1. The number of hydrogen-bond acceptors (Lipinski definition) is 2. The molecule has 0 saturated carbocycles. The quantitative estimate of drug-likeness (QED) is 0.820. The molecule has 5 nitrogen and oxygen atoms in total. The Morgan fingerprint density at radius 2 is 2.21 bits per heavy atom. The first-order valence-electron chi connectivity index (χ1n) is 6.49. The summed E-state index contributed by atoms with van der Waals surface area (Å²) in [4.78, 5) is 17.3. The number of aromatic nitrogens is 2. The Kier molecular flexibility index (Phi) is 2.62. The number of anilines is 1. The molecule has 19 heavy (non-hydrogen) atoms. The van der Waals surface area contributed by atoms with Gasteiger partial charge < -0.3 is 20.2 Å². The molecule has 100 valence electrons. The number of carbonyl (C=O) groups excluding carboxylic acids is 1. The zero-order valence-corrected chi connectivity index (χ0v) is 11.2. The highest BCUT2D eigenvalue weighted by atomic mass is 16.2. The molecule has 1 aliphatic rings. The molecule has 0 spiro atoms. The summed E-state index contributed by atoms with van der Waals surface area (Å²) in [5, 5.41) is 0. The molecular formula is C14H18N4O. The fourth-order valence-corrected chi connectivity index (χ4v) is 2.79. The monoisotopic (exact) mass is 258 g/mol. The molecule has 3 heterocycles.